The summed E-state index contributed by atoms with van der Waals surface area (Å²) in [4.78, 5) is 0.0540. The normalized spacial score (nSPS) is 11.1. The van der Waals surface area contributed by atoms with Crippen LogP contribution in [0.25, 0.3) is 0 Å². The number of rotatable bonds is 4. The van der Waals surface area contributed by atoms with Crippen LogP contribution in [-0.4, -0.2) is 20.1 Å². The molecule has 0 aliphatic rings. The van der Waals surface area contributed by atoms with E-state index in [-0.39, 0.29) is 21.6 Å². The van der Waals surface area contributed by atoms with Gasteiger partial charge < -0.3 is 0 Å². The molecular weight excluding hydrogens is 269 g/mol. The Labute approximate surface area is 105 Å². The van der Waals surface area contributed by atoms with E-state index >= 15 is 0 Å². The van der Waals surface area contributed by atoms with Crippen molar-refractivity contribution < 1.29 is 8.42 Å². The molecule has 0 amide bonds. The summed E-state index contributed by atoms with van der Waals surface area (Å²) in [5, 5.41) is 8.70. The summed E-state index contributed by atoms with van der Waals surface area (Å²) in [5.74, 6) is 0.245. The maximum absolute atomic E-state index is 11.8. The van der Waals surface area contributed by atoms with Crippen molar-refractivity contribution in [2.75, 3.05) is 11.6 Å². The Morgan fingerprint density at radius 3 is 2.56 bits per heavy atom. The molecule has 1 aromatic carbocycles. The second-order valence-corrected chi connectivity index (χ2v) is 5.98. The summed E-state index contributed by atoms with van der Waals surface area (Å²) in [7, 11) is -3.40. The number of nitriles is 1. The van der Waals surface area contributed by atoms with Gasteiger partial charge in [0.2, 0.25) is 0 Å². The van der Waals surface area contributed by atoms with Crippen LogP contribution in [0.2, 0.25) is 5.02 Å². The molecule has 0 aliphatic carbocycles. The molecule has 86 valence electrons. The molecule has 0 atom stereocenters. The Morgan fingerprint density at radius 2 is 2.06 bits per heavy atom. The lowest BCUT2D eigenvalue weighted by atomic mass is 10.2. The summed E-state index contributed by atoms with van der Waals surface area (Å²) < 4.78 is 23.6. The number of halogens is 2. The molecule has 0 N–H and O–H groups in total. The van der Waals surface area contributed by atoms with Gasteiger partial charge in [-0.3, -0.25) is 0 Å². The summed E-state index contributed by atoms with van der Waals surface area (Å²) in [5.41, 5.74) is 0.335. The van der Waals surface area contributed by atoms with Crippen LogP contribution in [0.3, 0.4) is 0 Å². The molecule has 0 saturated carbocycles. The van der Waals surface area contributed by atoms with Gasteiger partial charge in [0.05, 0.1) is 27.3 Å². The van der Waals surface area contributed by atoms with Gasteiger partial charge in [-0.2, -0.15) is 5.26 Å². The second kappa shape index (κ2) is 5.53. The fourth-order valence-corrected chi connectivity index (χ4v) is 3.38. The molecule has 1 aromatic rings. The lowest BCUT2D eigenvalue weighted by Gasteiger charge is -2.05. The number of alkyl halides is 1. The Bertz CT molecular complexity index is 520. The van der Waals surface area contributed by atoms with E-state index in [1.807, 2.05) is 6.07 Å². The van der Waals surface area contributed by atoms with Crippen molar-refractivity contribution in [1.82, 2.24) is 0 Å². The van der Waals surface area contributed by atoms with Crippen molar-refractivity contribution >= 4 is 33.0 Å². The Hall–Kier alpha value is -0.760. The molecule has 0 saturated heterocycles. The molecule has 3 nitrogen and oxygen atoms in total. The predicted molar refractivity (Wildman–Crippen MR) is 63.6 cm³/mol. The number of benzene rings is 1. The highest BCUT2D eigenvalue weighted by atomic mass is 35.5. The Balaban J connectivity index is 3.10. The van der Waals surface area contributed by atoms with Gasteiger partial charge in [-0.25, -0.2) is 8.42 Å². The first kappa shape index (κ1) is 13.3. The maximum atomic E-state index is 11.8. The third-order valence-corrected chi connectivity index (χ3v) is 4.49. The number of sulfone groups is 1. The molecule has 1 rings (SSSR count). The molecule has 0 heterocycles. The zero-order valence-electron chi connectivity index (χ0n) is 8.28. The second-order valence-electron chi connectivity index (χ2n) is 3.12. The highest BCUT2D eigenvalue weighted by Crippen LogP contribution is 2.24. The summed E-state index contributed by atoms with van der Waals surface area (Å²) >= 11 is 11.3. The summed E-state index contributed by atoms with van der Waals surface area (Å²) in [6.45, 7) is 0. The van der Waals surface area contributed by atoms with Crippen molar-refractivity contribution in [2.45, 2.75) is 11.3 Å². The molecule has 6 heteroatoms. The zero-order valence-corrected chi connectivity index (χ0v) is 10.6. The topological polar surface area (TPSA) is 57.9 Å². The SMILES string of the molecule is N#Cc1ccc(S(=O)(=O)CCCCl)c(Cl)c1. The van der Waals surface area contributed by atoms with Gasteiger partial charge in [-0.1, -0.05) is 11.6 Å². The highest BCUT2D eigenvalue weighted by Gasteiger charge is 2.17. The van der Waals surface area contributed by atoms with Gasteiger partial charge in [-0.05, 0) is 24.6 Å². The van der Waals surface area contributed by atoms with Crippen LogP contribution in [0.4, 0.5) is 0 Å². The van der Waals surface area contributed by atoms with Crippen molar-refractivity contribution in [2.24, 2.45) is 0 Å². The van der Waals surface area contributed by atoms with Crippen LogP contribution in [0, 0.1) is 11.3 Å². The fraction of sp³-hybridized carbons (Fsp3) is 0.300. The van der Waals surface area contributed by atoms with E-state index in [0.717, 1.165) is 0 Å². The van der Waals surface area contributed by atoms with E-state index in [1.165, 1.54) is 18.2 Å². The minimum atomic E-state index is -3.40. The van der Waals surface area contributed by atoms with Gasteiger partial charge in [0.1, 0.15) is 0 Å². The average Bonchev–Trinajstić information content (AvgIpc) is 2.25. The van der Waals surface area contributed by atoms with Crippen LogP contribution < -0.4 is 0 Å². The molecule has 16 heavy (non-hydrogen) atoms. The minimum Gasteiger partial charge on any atom is -0.224 e. The first-order chi connectivity index (χ1) is 7.51. The lowest BCUT2D eigenvalue weighted by Crippen LogP contribution is -2.08. The molecular formula is C10H9Cl2NO2S. The van der Waals surface area contributed by atoms with Crippen molar-refractivity contribution in [3.63, 3.8) is 0 Å². The molecule has 0 aromatic heterocycles. The monoisotopic (exact) mass is 277 g/mol. The zero-order chi connectivity index (χ0) is 12.2. The smallest absolute Gasteiger partial charge is 0.179 e. The molecule has 0 unspecified atom stereocenters. The van der Waals surface area contributed by atoms with E-state index in [1.54, 1.807) is 0 Å². The van der Waals surface area contributed by atoms with E-state index in [2.05, 4.69) is 0 Å². The van der Waals surface area contributed by atoms with Crippen molar-refractivity contribution in [1.29, 1.82) is 5.26 Å². The predicted octanol–water partition coefficient (Wildman–Crippen LogP) is 2.61. The largest absolute Gasteiger partial charge is 0.224 e. The van der Waals surface area contributed by atoms with Crippen LogP contribution in [-0.2, 0) is 9.84 Å². The third-order valence-electron chi connectivity index (χ3n) is 1.94. The minimum absolute atomic E-state index is 0.0396. The lowest BCUT2D eigenvalue weighted by molar-refractivity contribution is 0.595. The van der Waals surface area contributed by atoms with E-state index in [0.29, 0.717) is 12.0 Å². The number of hydrogen-bond donors (Lipinski definition) is 0. The molecule has 0 bridgehead atoms. The third kappa shape index (κ3) is 3.11. The van der Waals surface area contributed by atoms with Crippen molar-refractivity contribution in [3.8, 4) is 6.07 Å². The average molecular weight is 278 g/mol. The summed E-state index contributed by atoms with van der Waals surface area (Å²) in [6, 6.07) is 6.01. The molecule has 0 aliphatic heterocycles. The van der Waals surface area contributed by atoms with Gasteiger partial charge in [0.15, 0.2) is 9.84 Å². The van der Waals surface area contributed by atoms with Crippen molar-refractivity contribution in [3.05, 3.63) is 28.8 Å². The van der Waals surface area contributed by atoms with Gasteiger partial charge >= 0.3 is 0 Å². The number of nitrogens with zero attached hydrogens (tertiary/aromatic N) is 1. The maximum Gasteiger partial charge on any atom is 0.179 e. The van der Waals surface area contributed by atoms with Crippen LogP contribution in [0.1, 0.15) is 12.0 Å². The van der Waals surface area contributed by atoms with E-state index in [4.69, 9.17) is 28.5 Å². The van der Waals surface area contributed by atoms with Crippen LogP contribution in [0.5, 0.6) is 0 Å². The standard InChI is InChI=1S/C10H9Cl2NO2S/c11-4-1-5-16(14,15)10-3-2-8(7-13)6-9(10)12/h2-3,6H,1,4-5H2. The quantitative estimate of drug-likeness (QED) is 0.795. The molecule has 0 spiro atoms. The first-order valence-corrected chi connectivity index (χ1v) is 7.06. The first-order valence-electron chi connectivity index (χ1n) is 4.49. The van der Waals surface area contributed by atoms with Gasteiger partial charge in [0, 0.05) is 5.88 Å². The Kier molecular flexibility index (Phi) is 4.60. The Morgan fingerprint density at radius 1 is 1.38 bits per heavy atom. The van der Waals surface area contributed by atoms with Gasteiger partial charge in [0.25, 0.3) is 0 Å². The van der Waals surface area contributed by atoms with Gasteiger partial charge in [-0.15, -0.1) is 11.6 Å². The van der Waals surface area contributed by atoms with E-state index < -0.39 is 9.84 Å². The van der Waals surface area contributed by atoms with E-state index in [9.17, 15) is 8.42 Å². The number of hydrogen-bond acceptors (Lipinski definition) is 3. The fourth-order valence-electron chi connectivity index (χ4n) is 1.18. The summed E-state index contributed by atoms with van der Waals surface area (Å²) in [6.07, 6.45) is 0.375. The van der Waals surface area contributed by atoms with Crippen LogP contribution in [0.15, 0.2) is 23.1 Å². The molecule has 0 radical (unpaired) electrons. The molecule has 0 fully saturated rings. The highest BCUT2D eigenvalue weighted by molar-refractivity contribution is 7.91. The van der Waals surface area contributed by atoms with Crippen LogP contribution >= 0.6 is 23.2 Å².